The molecule has 1 atom stereocenters. The molecule has 1 unspecified atom stereocenters. The fraction of sp³-hybridized carbons (Fsp3) is 0.200. The van der Waals surface area contributed by atoms with Crippen molar-refractivity contribution in [2.24, 2.45) is 0 Å². The minimum absolute atomic E-state index is 0.0472. The second kappa shape index (κ2) is 11.7. The average molecular weight is 582 g/mol. The van der Waals surface area contributed by atoms with E-state index in [4.69, 9.17) is 25.5 Å². The van der Waals surface area contributed by atoms with E-state index in [-0.39, 0.29) is 22.3 Å². The minimum Gasteiger partial charge on any atom is -0.473 e. The van der Waals surface area contributed by atoms with Crippen LogP contribution < -0.4 is 20.2 Å². The molecule has 0 bridgehead atoms. The third kappa shape index (κ3) is 6.34. The molecule has 214 valence electrons. The molecule has 0 aliphatic rings. The number of halogens is 1. The summed E-state index contributed by atoms with van der Waals surface area (Å²) in [7, 11) is 0. The predicted octanol–water partition coefficient (Wildman–Crippen LogP) is 8.92. The van der Waals surface area contributed by atoms with E-state index < -0.39 is 17.4 Å². The largest absolute Gasteiger partial charge is 0.473 e. The SMILES string of the molecule is Cc1cc2oc(-c3ccc(C(C)(C)C)cc3)c(OC(C)C(=O)Nc3ccc(Oc4ccccc4)cc3)c(=O)c2cc1Cl. The molecule has 6 nitrogen and oxygen atoms in total. The molecule has 0 radical (unpaired) electrons. The molecule has 0 spiro atoms. The zero-order valence-corrected chi connectivity index (χ0v) is 24.9. The summed E-state index contributed by atoms with van der Waals surface area (Å²) in [6, 6.07) is 27.5. The summed E-state index contributed by atoms with van der Waals surface area (Å²) in [4.78, 5) is 26.9. The molecule has 0 aliphatic carbocycles. The number of hydrogen-bond acceptors (Lipinski definition) is 5. The molecule has 42 heavy (non-hydrogen) atoms. The number of para-hydroxylation sites is 1. The lowest BCUT2D eigenvalue weighted by atomic mass is 9.86. The van der Waals surface area contributed by atoms with Crippen molar-refractivity contribution in [3.05, 3.63) is 117 Å². The molecule has 1 heterocycles. The summed E-state index contributed by atoms with van der Waals surface area (Å²) in [5, 5.41) is 3.55. The van der Waals surface area contributed by atoms with Crippen LogP contribution in [0, 0.1) is 6.92 Å². The Morgan fingerprint density at radius 1 is 0.905 bits per heavy atom. The summed E-state index contributed by atoms with van der Waals surface area (Å²) >= 11 is 6.34. The number of rotatable bonds is 7. The van der Waals surface area contributed by atoms with Gasteiger partial charge in [0, 0.05) is 16.3 Å². The van der Waals surface area contributed by atoms with E-state index in [2.05, 4.69) is 26.1 Å². The van der Waals surface area contributed by atoms with Gasteiger partial charge in [0.05, 0.1) is 5.39 Å². The van der Waals surface area contributed by atoms with Gasteiger partial charge in [-0.25, -0.2) is 0 Å². The first-order valence-electron chi connectivity index (χ1n) is 13.7. The molecule has 5 rings (SSSR count). The van der Waals surface area contributed by atoms with E-state index in [0.717, 1.165) is 11.1 Å². The van der Waals surface area contributed by atoms with Gasteiger partial charge in [-0.2, -0.15) is 0 Å². The van der Waals surface area contributed by atoms with E-state index in [9.17, 15) is 9.59 Å². The quantitative estimate of drug-likeness (QED) is 0.208. The summed E-state index contributed by atoms with van der Waals surface area (Å²) < 4.78 is 18.1. The maximum Gasteiger partial charge on any atom is 0.265 e. The molecule has 0 saturated carbocycles. The molecule has 7 heteroatoms. The molecule has 5 aromatic rings. The fourth-order valence-electron chi connectivity index (χ4n) is 4.42. The van der Waals surface area contributed by atoms with E-state index >= 15 is 0 Å². The van der Waals surface area contributed by atoms with Gasteiger partial charge in [-0.15, -0.1) is 0 Å². The Labute approximate surface area is 249 Å². The van der Waals surface area contributed by atoms with Crippen LogP contribution in [0.15, 0.2) is 100 Å². The molecule has 1 aromatic heterocycles. The molecule has 0 saturated heterocycles. The topological polar surface area (TPSA) is 77.8 Å². The number of amides is 1. The first-order valence-corrected chi connectivity index (χ1v) is 14.1. The van der Waals surface area contributed by atoms with Crippen LogP contribution in [0.2, 0.25) is 5.02 Å². The first kappa shape index (κ1) is 29.0. The average Bonchev–Trinajstić information content (AvgIpc) is 2.96. The van der Waals surface area contributed by atoms with Crippen molar-refractivity contribution >= 4 is 34.2 Å². The monoisotopic (exact) mass is 581 g/mol. The Morgan fingerprint density at radius 2 is 1.55 bits per heavy atom. The van der Waals surface area contributed by atoms with E-state index in [1.54, 1.807) is 43.3 Å². The third-order valence-electron chi connectivity index (χ3n) is 6.91. The molecule has 0 fully saturated rings. The van der Waals surface area contributed by atoms with Crippen LogP contribution in [0.5, 0.6) is 17.2 Å². The van der Waals surface area contributed by atoms with Gasteiger partial charge in [-0.3, -0.25) is 9.59 Å². The third-order valence-corrected chi connectivity index (χ3v) is 7.31. The van der Waals surface area contributed by atoms with Crippen molar-refractivity contribution in [3.8, 4) is 28.6 Å². The highest BCUT2D eigenvalue weighted by Crippen LogP contribution is 2.35. The number of fused-ring (bicyclic) bond motifs is 1. The van der Waals surface area contributed by atoms with Crippen LogP contribution in [-0.4, -0.2) is 12.0 Å². The Kier molecular flexibility index (Phi) is 8.10. The van der Waals surface area contributed by atoms with E-state index in [0.29, 0.717) is 33.4 Å². The smallest absolute Gasteiger partial charge is 0.265 e. The summed E-state index contributed by atoms with van der Waals surface area (Å²) in [5.74, 6) is 1.11. The number of ether oxygens (including phenoxy) is 2. The van der Waals surface area contributed by atoms with Gasteiger partial charge in [-0.1, -0.05) is 74.8 Å². The number of aryl methyl sites for hydroxylation is 1. The van der Waals surface area contributed by atoms with Crippen LogP contribution in [0.1, 0.15) is 38.8 Å². The first-order chi connectivity index (χ1) is 20.0. The van der Waals surface area contributed by atoms with Crippen molar-refractivity contribution in [1.82, 2.24) is 0 Å². The lowest BCUT2D eigenvalue weighted by molar-refractivity contribution is -0.122. The molecule has 4 aromatic carbocycles. The van der Waals surface area contributed by atoms with Crippen molar-refractivity contribution < 1.29 is 18.7 Å². The number of anilines is 1. The lowest BCUT2D eigenvalue weighted by Gasteiger charge is -2.20. The van der Waals surface area contributed by atoms with Crippen LogP contribution in [0.3, 0.4) is 0 Å². The fourth-order valence-corrected chi connectivity index (χ4v) is 4.59. The summed E-state index contributed by atoms with van der Waals surface area (Å²) in [6.45, 7) is 9.81. The van der Waals surface area contributed by atoms with Crippen LogP contribution in [-0.2, 0) is 10.2 Å². The molecule has 0 aliphatic heterocycles. The van der Waals surface area contributed by atoms with Crippen LogP contribution >= 0.6 is 11.6 Å². The molecular weight excluding hydrogens is 550 g/mol. The summed E-state index contributed by atoms with van der Waals surface area (Å²) in [6.07, 6.45) is -1.01. The van der Waals surface area contributed by atoms with Gasteiger partial charge in [0.1, 0.15) is 17.1 Å². The van der Waals surface area contributed by atoms with Crippen molar-refractivity contribution in [2.75, 3.05) is 5.32 Å². The second-order valence-corrected chi connectivity index (χ2v) is 11.6. The molecular formula is C35H32ClNO5. The van der Waals surface area contributed by atoms with Gasteiger partial charge in [0.25, 0.3) is 5.91 Å². The predicted molar refractivity (Wildman–Crippen MR) is 168 cm³/mol. The van der Waals surface area contributed by atoms with Crippen molar-refractivity contribution in [1.29, 1.82) is 0 Å². The Morgan fingerprint density at radius 3 is 2.19 bits per heavy atom. The van der Waals surface area contributed by atoms with E-state index in [1.165, 1.54) is 0 Å². The van der Waals surface area contributed by atoms with Crippen molar-refractivity contribution in [2.45, 2.75) is 46.1 Å². The Hall–Kier alpha value is -4.55. The second-order valence-electron chi connectivity index (χ2n) is 11.2. The van der Waals surface area contributed by atoms with Gasteiger partial charge in [-0.05, 0) is 78.9 Å². The number of carbonyl (C=O) groups is 1. The Bertz CT molecular complexity index is 1790. The van der Waals surface area contributed by atoms with Crippen LogP contribution in [0.25, 0.3) is 22.3 Å². The number of benzene rings is 4. The highest BCUT2D eigenvalue weighted by atomic mass is 35.5. The standard InChI is InChI=1S/C35H32ClNO5/c1-21-19-30-28(20-29(21)36)31(38)33(32(42-30)23-11-13-24(14-12-23)35(3,4)5)40-22(2)34(39)37-25-15-17-27(18-16-25)41-26-9-7-6-8-10-26/h6-20,22H,1-5H3,(H,37,39). The zero-order chi connectivity index (χ0) is 30.0. The highest BCUT2D eigenvalue weighted by molar-refractivity contribution is 6.32. The maximum atomic E-state index is 13.7. The minimum atomic E-state index is -1.01. The van der Waals surface area contributed by atoms with Gasteiger partial charge >= 0.3 is 0 Å². The van der Waals surface area contributed by atoms with Crippen molar-refractivity contribution in [3.63, 3.8) is 0 Å². The van der Waals surface area contributed by atoms with E-state index in [1.807, 2.05) is 61.5 Å². The van der Waals surface area contributed by atoms with Gasteiger partial charge in [0.15, 0.2) is 11.9 Å². The Balaban J connectivity index is 1.42. The van der Waals surface area contributed by atoms with Gasteiger partial charge < -0.3 is 19.2 Å². The highest BCUT2D eigenvalue weighted by Gasteiger charge is 2.24. The molecule has 1 amide bonds. The van der Waals surface area contributed by atoms with Crippen LogP contribution in [0.4, 0.5) is 5.69 Å². The van der Waals surface area contributed by atoms with Gasteiger partial charge in [0.2, 0.25) is 11.2 Å². The summed E-state index contributed by atoms with van der Waals surface area (Å²) in [5.41, 5.74) is 3.06. The maximum absolute atomic E-state index is 13.7. The number of nitrogens with one attached hydrogen (secondary N) is 1. The number of hydrogen-bond donors (Lipinski definition) is 1. The zero-order valence-electron chi connectivity index (χ0n) is 24.2. The molecule has 1 N–H and O–H groups in total. The normalized spacial score (nSPS) is 12.1. The lowest BCUT2D eigenvalue weighted by Crippen LogP contribution is -2.31. The number of carbonyl (C=O) groups excluding carboxylic acids is 1.